The first kappa shape index (κ1) is 14.9. The summed E-state index contributed by atoms with van der Waals surface area (Å²) in [5.74, 6) is 0.950. The van der Waals surface area contributed by atoms with Crippen molar-refractivity contribution in [3.05, 3.63) is 24.3 Å². The summed E-state index contributed by atoms with van der Waals surface area (Å²) in [6.07, 6.45) is 4.19. The minimum Gasteiger partial charge on any atom is -0.399 e. The smallest absolute Gasteiger partial charge is 0.224 e. The summed E-state index contributed by atoms with van der Waals surface area (Å²) in [5, 5.41) is 2.89. The molecule has 3 N–H and O–H groups in total. The van der Waals surface area contributed by atoms with Gasteiger partial charge < -0.3 is 16.0 Å². The van der Waals surface area contributed by atoms with Gasteiger partial charge in [-0.15, -0.1) is 0 Å². The maximum atomic E-state index is 11.8. The van der Waals surface area contributed by atoms with E-state index in [4.69, 9.17) is 5.73 Å². The van der Waals surface area contributed by atoms with Crippen molar-refractivity contribution in [1.29, 1.82) is 0 Å². The van der Waals surface area contributed by atoms with Crippen LogP contribution in [0.2, 0.25) is 0 Å². The lowest BCUT2D eigenvalue weighted by Crippen LogP contribution is -2.32. The molecule has 1 aliphatic carbocycles. The monoisotopic (exact) mass is 275 g/mol. The number of carbonyl (C=O) groups excluding carboxylic acids is 1. The van der Waals surface area contributed by atoms with Crippen LogP contribution < -0.4 is 11.1 Å². The second kappa shape index (κ2) is 6.75. The van der Waals surface area contributed by atoms with Crippen LogP contribution in [0.25, 0.3) is 0 Å². The lowest BCUT2D eigenvalue weighted by Gasteiger charge is -2.24. The third-order valence-corrected chi connectivity index (χ3v) is 4.11. The number of amides is 1. The van der Waals surface area contributed by atoms with E-state index < -0.39 is 0 Å². The van der Waals surface area contributed by atoms with E-state index in [1.54, 1.807) is 12.1 Å². The second-order valence-corrected chi connectivity index (χ2v) is 5.83. The van der Waals surface area contributed by atoms with Crippen LogP contribution in [0.5, 0.6) is 0 Å². The van der Waals surface area contributed by atoms with Crippen molar-refractivity contribution in [1.82, 2.24) is 4.90 Å². The first-order valence-electron chi connectivity index (χ1n) is 7.42. The summed E-state index contributed by atoms with van der Waals surface area (Å²) in [5.41, 5.74) is 7.13. The molecule has 1 aliphatic rings. The molecule has 0 spiro atoms. The van der Waals surface area contributed by atoms with Crippen LogP contribution in [0.4, 0.5) is 11.4 Å². The Balaban J connectivity index is 1.65. The molecule has 1 saturated carbocycles. The highest BCUT2D eigenvalue weighted by molar-refractivity contribution is 5.90. The maximum absolute atomic E-state index is 11.8. The Morgan fingerprint density at radius 3 is 2.65 bits per heavy atom. The molecule has 0 heterocycles. The molecule has 1 aromatic carbocycles. The highest BCUT2D eigenvalue weighted by Gasteiger charge is 2.30. The van der Waals surface area contributed by atoms with E-state index in [0.29, 0.717) is 18.2 Å². The second-order valence-electron chi connectivity index (χ2n) is 5.83. The number of hydrogen-bond acceptors (Lipinski definition) is 3. The molecule has 4 nitrogen and oxygen atoms in total. The van der Waals surface area contributed by atoms with Gasteiger partial charge in [0.25, 0.3) is 0 Å². The van der Waals surface area contributed by atoms with Crippen molar-refractivity contribution in [3.63, 3.8) is 0 Å². The SMILES string of the molecule is CC(C1CC1)N(C)CCCC(=O)Nc1ccc(N)cc1. The summed E-state index contributed by atoms with van der Waals surface area (Å²) in [6.45, 7) is 3.26. The lowest BCUT2D eigenvalue weighted by atomic mass is 10.1. The number of hydrogen-bond donors (Lipinski definition) is 2. The van der Waals surface area contributed by atoms with Gasteiger partial charge in [-0.3, -0.25) is 4.79 Å². The fourth-order valence-electron chi connectivity index (χ4n) is 2.42. The quantitative estimate of drug-likeness (QED) is 0.752. The van der Waals surface area contributed by atoms with E-state index in [1.165, 1.54) is 12.8 Å². The highest BCUT2D eigenvalue weighted by Crippen LogP contribution is 2.34. The number of carbonyl (C=O) groups is 1. The van der Waals surface area contributed by atoms with Crippen LogP contribution in [0.3, 0.4) is 0 Å². The average molecular weight is 275 g/mol. The number of benzene rings is 1. The van der Waals surface area contributed by atoms with E-state index in [2.05, 4.69) is 24.2 Å². The topological polar surface area (TPSA) is 58.4 Å². The number of nitrogens with zero attached hydrogens (tertiary/aromatic N) is 1. The van der Waals surface area contributed by atoms with Crippen molar-refractivity contribution in [2.75, 3.05) is 24.6 Å². The third-order valence-electron chi connectivity index (χ3n) is 4.11. The Bertz CT molecular complexity index is 440. The first-order chi connectivity index (χ1) is 9.56. The van der Waals surface area contributed by atoms with Crippen molar-refractivity contribution in [2.24, 2.45) is 5.92 Å². The van der Waals surface area contributed by atoms with E-state index >= 15 is 0 Å². The van der Waals surface area contributed by atoms with E-state index in [-0.39, 0.29) is 5.91 Å². The van der Waals surface area contributed by atoms with Gasteiger partial charge in [-0.25, -0.2) is 0 Å². The van der Waals surface area contributed by atoms with Crippen LogP contribution >= 0.6 is 0 Å². The van der Waals surface area contributed by atoms with E-state index in [0.717, 1.165) is 24.6 Å². The van der Waals surface area contributed by atoms with Gasteiger partial charge in [-0.2, -0.15) is 0 Å². The molecule has 0 radical (unpaired) electrons. The molecule has 0 aromatic heterocycles. The molecule has 1 atom stereocenters. The van der Waals surface area contributed by atoms with Crippen molar-refractivity contribution >= 4 is 17.3 Å². The molecule has 110 valence electrons. The van der Waals surface area contributed by atoms with Crippen molar-refractivity contribution in [3.8, 4) is 0 Å². The van der Waals surface area contributed by atoms with Crippen LogP contribution in [-0.2, 0) is 4.79 Å². The van der Waals surface area contributed by atoms with Gasteiger partial charge in [0.05, 0.1) is 0 Å². The van der Waals surface area contributed by atoms with Crippen LogP contribution in [0.15, 0.2) is 24.3 Å². The lowest BCUT2D eigenvalue weighted by molar-refractivity contribution is -0.116. The Morgan fingerprint density at radius 1 is 1.40 bits per heavy atom. The Kier molecular flexibility index (Phi) is 5.01. The Labute approximate surface area is 121 Å². The number of nitrogens with two attached hydrogens (primary N) is 1. The predicted octanol–water partition coefficient (Wildman–Crippen LogP) is 2.72. The summed E-state index contributed by atoms with van der Waals surface area (Å²) in [6, 6.07) is 7.89. The average Bonchev–Trinajstić information content (AvgIpc) is 3.25. The molecule has 1 unspecified atom stereocenters. The summed E-state index contributed by atoms with van der Waals surface area (Å²) >= 11 is 0. The number of nitrogens with one attached hydrogen (secondary N) is 1. The number of anilines is 2. The highest BCUT2D eigenvalue weighted by atomic mass is 16.1. The molecular weight excluding hydrogens is 250 g/mol. The van der Waals surface area contributed by atoms with Crippen molar-refractivity contribution < 1.29 is 4.79 Å². The summed E-state index contributed by atoms with van der Waals surface area (Å²) in [4.78, 5) is 14.2. The predicted molar refractivity (Wildman–Crippen MR) is 83.5 cm³/mol. The fraction of sp³-hybridized carbons (Fsp3) is 0.562. The minimum absolute atomic E-state index is 0.0715. The maximum Gasteiger partial charge on any atom is 0.224 e. The molecule has 1 fully saturated rings. The standard InChI is InChI=1S/C16H25N3O/c1-12(13-5-6-13)19(2)11-3-4-16(20)18-15-9-7-14(17)8-10-15/h7-10,12-13H,3-6,11,17H2,1-2H3,(H,18,20). The zero-order valence-corrected chi connectivity index (χ0v) is 12.4. The van der Waals surface area contributed by atoms with Crippen LogP contribution in [0.1, 0.15) is 32.6 Å². The summed E-state index contributed by atoms with van der Waals surface area (Å²) < 4.78 is 0. The largest absolute Gasteiger partial charge is 0.399 e. The van der Waals surface area contributed by atoms with Crippen LogP contribution in [-0.4, -0.2) is 30.4 Å². The van der Waals surface area contributed by atoms with Gasteiger partial charge >= 0.3 is 0 Å². The van der Waals surface area contributed by atoms with Gasteiger partial charge in [0.15, 0.2) is 0 Å². The molecule has 4 heteroatoms. The number of rotatable bonds is 7. The molecule has 20 heavy (non-hydrogen) atoms. The molecular formula is C16H25N3O. The molecule has 0 saturated heterocycles. The number of nitrogen functional groups attached to an aromatic ring is 1. The summed E-state index contributed by atoms with van der Waals surface area (Å²) in [7, 11) is 2.15. The zero-order valence-electron chi connectivity index (χ0n) is 12.4. The van der Waals surface area contributed by atoms with Crippen LogP contribution in [0, 0.1) is 5.92 Å². The third kappa shape index (κ3) is 4.53. The Hall–Kier alpha value is -1.55. The Morgan fingerprint density at radius 2 is 2.05 bits per heavy atom. The van der Waals surface area contributed by atoms with Gasteiger partial charge in [0.2, 0.25) is 5.91 Å². The zero-order chi connectivity index (χ0) is 14.5. The molecule has 2 rings (SSSR count). The molecule has 0 bridgehead atoms. The van der Waals surface area contributed by atoms with Gasteiger partial charge in [-0.05, 0) is 70.0 Å². The van der Waals surface area contributed by atoms with Gasteiger partial charge in [-0.1, -0.05) is 0 Å². The molecule has 1 aromatic rings. The van der Waals surface area contributed by atoms with E-state index in [1.807, 2.05) is 12.1 Å². The fourth-order valence-corrected chi connectivity index (χ4v) is 2.42. The molecule has 1 amide bonds. The minimum atomic E-state index is 0.0715. The molecule has 0 aliphatic heterocycles. The van der Waals surface area contributed by atoms with Gasteiger partial charge in [0.1, 0.15) is 0 Å². The first-order valence-corrected chi connectivity index (χ1v) is 7.42. The normalized spacial score (nSPS) is 16.1. The van der Waals surface area contributed by atoms with Crippen molar-refractivity contribution in [2.45, 2.75) is 38.6 Å². The van der Waals surface area contributed by atoms with Gasteiger partial charge in [0, 0.05) is 23.8 Å². The van der Waals surface area contributed by atoms with E-state index in [9.17, 15) is 4.79 Å².